The highest BCUT2D eigenvalue weighted by Crippen LogP contribution is 2.20. The van der Waals surface area contributed by atoms with Crippen LogP contribution in [0.15, 0.2) is 66.7 Å². The molecule has 2 N–H and O–H groups in total. The molecule has 0 radical (unpaired) electrons. The van der Waals surface area contributed by atoms with Gasteiger partial charge in [0, 0.05) is 11.3 Å². The number of rotatable bonds is 4. The number of aryl methyl sites for hydroxylation is 2. The molecule has 0 saturated heterocycles. The summed E-state index contributed by atoms with van der Waals surface area (Å²) in [4.78, 5) is 25.2. The summed E-state index contributed by atoms with van der Waals surface area (Å²) >= 11 is 0. The topological polar surface area (TPSA) is 58.2 Å². The van der Waals surface area contributed by atoms with Crippen LogP contribution in [0.5, 0.6) is 0 Å². The number of hydrogen-bond donors (Lipinski definition) is 2. The van der Waals surface area contributed by atoms with Crippen molar-refractivity contribution in [3.8, 4) is 0 Å². The van der Waals surface area contributed by atoms with Gasteiger partial charge >= 0.3 is 0 Å². The molecule has 3 aromatic carbocycles. The van der Waals surface area contributed by atoms with E-state index in [0.29, 0.717) is 22.5 Å². The first-order valence-corrected chi connectivity index (χ1v) is 8.48. The van der Waals surface area contributed by atoms with E-state index in [9.17, 15) is 14.0 Å². The SMILES string of the molecule is Cc1cccc(NC(=O)c2ccccc2NC(=O)c2cc(F)ccc2C)c1. The van der Waals surface area contributed by atoms with Gasteiger partial charge < -0.3 is 10.6 Å². The average molecular weight is 362 g/mol. The fraction of sp³-hybridized carbons (Fsp3) is 0.0909. The van der Waals surface area contributed by atoms with Crippen molar-refractivity contribution in [3.63, 3.8) is 0 Å². The Kier molecular flexibility index (Phi) is 5.31. The van der Waals surface area contributed by atoms with Gasteiger partial charge in [-0.25, -0.2) is 4.39 Å². The Bertz CT molecular complexity index is 1010. The molecule has 3 rings (SSSR count). The van der Waals surface area contributed by atoms with Crippen molar-refractivity contribution in [2.75, 3.05) is 10.6 Å². The Hall–Kier alpha value is -3.47. The number of hydrogen-bond acceptors (Lipinski definition) is 2. The molecule has 4 nitrogen and oxygen atoms in total. The Morgan fingerprint density at radius 1 is 0.778 bits per heavy atom. The summed E-state index contributed by atoms with van der Waals surface area (Å²) in [5.74, 6) is -1.30. The second-order valence-electron chi connectivity index (χ2n) is 6.28. The third kappa shape index (κ3) is 4.39. The first-order valence-electron chi connectivity index (χ1n) is 8.48. The van der Waals surface area contributed by atoms with Crippen molar-refractivity contribution in [3.05, 3.63) is 94.8 Å². The Labute approximate surface area is 157 Å². The summed E-state index contributed by atoms with van der Waals surface area (Å²) < 4.78 is 13.5. The molecule has 0 heterocycles. The molecule has 0 aliphatic rings. The molecule has 0 bridgehead atoms. The highest BCUT2D eigenvalue weighted by Gasteiger charge is 2.16. The number of anilines is 2. The molecule has 2 amide bonds. The third-order valence-electron chi connectivity index (χ3n) is 4.14. The maximum absolute atomic E-state index is 13.5. The molecule has 27 heavy (non-hydrogen) atoms. The van der Waals surface area contributed by atoms with Crippen LogP contribution in [0.25, 0.3) is 0 Å². The summed E-state index contributed by atoms with van der Waals surface area (Å²) in [6.07, 6.45) is 0. The van der Waals surface area contributed by atoms with E-state index >= 15 is 0 Å². The van der Waals surface area contributed by atoms with Gasteiger partial charge in [0.1, 0.15) is 5.82 Å². The van der Waals surface area contributed by atoms with Gasteiger partial charge in [-0.05, 0) is 61.4 Å². The van der Waals surface area contributed by atoms with Crippen LogP contribution in [0.3, 0.4) is 0 Å². The van der Waals surface area contributed by atoms with Gasteiger partial charge in [0.05, 0.1) is 11.3 Å². The lowest BCUT2D eigenvalue weighted by molar-refractivity contribution is 0.102. The minimum absolute atomic E-state index is 0.226. The standard InChI is InChI=1S/C22H19FN2O2/c1-14-6-5-7-17(12-14)24-21(26)18-8-3-4-9-20(18)25-22(27)19-13-16(23)11-10-15(19)2/h3-13H,1-2H3,(H,24,26)(H,25,27). The van der Waals surface area contributed by atoms with Crippen LogP contribution < -0.4 is 10.6 Å². The quantitative estimate of drug-likeness (QED) is 0.690. The first-order chi connectivity index (χ1) is 12.9. The van der Waals surface area contributed by atoms with Crippen molar-refractivity contribution >= 4 is 23.2 Å². The van der Waals surface area contributed by atoms with Crippen molar-refractivity contribution < 1.29 is 14.0 Å². The molecule has 0 saturated carbocycles. The molecule has 0 aromatic heterocycles. The van der Waals surface area contributed by atoms with Crippen LogP contribution in [0.1, 0.15) is 31.8 Å². The molecular weight excluding hydrogens is 343 g/mol. The predicted octanol–water partition coefficient (Wildman–Crippen LogP) is 4.95. The Morgan fingerprint density at radius 2 is 1.52 bits per heavy atom. The van der Waals surface area contributed by atoms with Crippen molar-refractivity contribution in [1.82, 2.24) is 0 Å². The second kappa shape index (κ2) is 7.83. The number of amides is 2. The number of para-hydroxylation sites is 1. The summed E-state index contributed by atoms with van der Waals surface area (Å²) in [6.45, 7) is 3.66. The zero-order chi connectivity index (χ0) is 19.4. The van der Waals surface area contributed by atoms with Crippen molar-refractivity contribution in [1.29, 1.82) is 0 Å². The third-order valence-corrected chi connectivity index (χ3v) is 4.14. The maximum Gasteiger partial charge on any atom is 0.257 e. The van der Waals surface area contributed by atoms with Crippen LogP contribution in [0.2, 0.25) is 0 Å². The van der Waals surface area contributed by atoms with Crippen LogP contribution in [-0.2, 0) is 0 Å². The summed E-state index contributed by atoms with van der Waals surface area (Å²) in [6, 6.07) is 18.2. The zero-order valence-corrected chi connectivity index (χ0v) is 15.0. The molecular formula is C22H19FN2O2. The van der Waals surface area contributed by atoms with Gasteiger partial charge in [0.15, 0.2) is 0 Å². The summed E-state index contributed by atoms with van der Waals surface area (Å²) in [7, 11) is 0. The van der Waals surface area contributed by atoms with E-state index in [4.69, 9.17) is 0 Å². The molecule has 0 aliphatic carbocycles. The van der Waals surface area contributed by atoms with Gasteiger partial charge in [-0.1, -0.05) is 30.3 Å². The van der Waals surface area contributed by atoms with Gasteiger partial charge in [-0.15, -0.1) is 0 Å². The maximum atomic E-state index is 13.5. The molecule has 0 spiro atoms. The largest absolute Gasteiger partial charge is 0.322 e. The lowest BCUT2D eigenvalue weighted by Crippen LogP contribution is -2.19. The molecule has 0 aliphatic heterocycles. The number of benzene rings is 3. The minimum atomic E-state index is -0.490. The van der Waals surface area contributed by atoms with Crippen LogP contribution >= 0.6 is 0 Å². The van der Waals surface area contributed by atoms with Crippen LogP contribution in [0, 0.1) is 19.7 Å². The fourth-order valence-corrected chi connectivity index (χ4v) is 2.74. The normalized spacial score (nSPS) is 10.3. The van der Waals surface area contributed by atoms with Crippen LogP contribution in [0.4, 0.5) is 15.8 Å². The van der Waals surface area contributed by atoms with E-state index < -0.39 is 11.7 Å². The Balaban J connectivity index is 1.84. The lowest BCUT2D eigenvalue weighted by Gasteiger charge is -2.13. The monoisotopic (exact) mass is 362 g/mol. The highest BCUT2D eigenvalue weighted by molar-refractivity contribution is 6.12. The number of nitrogens with one attached hydrogen (secondary N) is 2. The van der Waals surface area contributed by atoms with E-state index in [1.165, 1.54) is 12.1 Å². The number of carbonyl (C=O) groups excluding carboxylic acids is 2. The average Bonchev–Trinajstić information content (AvgIpc) is 2.64. The van der Waals surface area contributed by atoms with Crippen molar-refractivity contribution in [2.24, 2.45) is 0 Å². The van der Waals surface area contributed by atoms with E-state index in [1.54, 1.807) is 43.3 Å². The Morgan fingerprint density at radius 3 is 2.30 bits per heavy atom. The zero-order valence-electron chi connectivity index (χ0n) is 15.0. The second-order valence-corrected chi connectivity index (χ2v) is 6.28. The first kappa shape index (κ1) is 18.3. The van der Waals surface area contributed by atoms with E-state index in [2.05, 4.69) is 10.6 Å². The highest BCUT2D eigenvalue weighted by atomic mass is 19.1. The lowest BCUT2D eigenvalue weighted by atomic mass is 10.1. The summed E-state index contributed by atoms with van der Waals surface area (Å²) in [5, 5.41) is 5.53. The molecule has 3 aromatic rings. The number of carbonyl (C=O) groups is 2. The summed E-state index contributed by atoms with van der Waals surface area (Å²) in [5.41, 5.74) is 3.25. The molecule has 5 heteroatoms. The molecule has 0 atom stereocenters. The van der Waals surface area contributed by atoms with E-state index in [-0.39, 0.29) is 11.5 Å². The van der Waals surface area contributed by atoms with E-state index in [1.807, 2.05) is 25.1 Å². The van der Waals surface area contributed by atoms with Crippen LogP contribution in [-0.4, -0.2) is 11.8 Å². The van der Waals surface area contributed by atoms with Gasteiger partial charge in [0.25, 0.3) is 11.8 Å². The van der Waals surface area contributed by atoms with Crippen molar-refractivity contribution in [2.45, 2.75) is 13.8 Å². The predicted molar refractivity (Wildman–Crippen MR) is 105 cm³/mol. The molecule has 136 valence electrons. The fourth-order valence-electron chi connectivity index (χ4n) is 2.74. The van der Waals surface area contributed by atoms with Gasteiger partial charge in [0.2, 0.25) is 0 Å². The smallest absolute Gasteiger partial charge is 0.257 e. The van der Waals surface area contributed by atoms with Gasteiger partial charge in [-0.3, -0.25) is 9.59 Å². The molecule has 0 fully saturated rings. The van der Waals surface area contributed by atoms with Gasteiger partial charge in [-0.2, -0.15) is 0 Å². The number of halogens is 1. The van der Waals surface area contributed by atoms with E-state index in [0.717, 1.165) is 5.56 Å². The molecule has 0 unspecified atom stereocenters. The minimum Gasteiger partial charge on any atom is -0.322 e.